The Morgan fingerprint density at radius 1 is 1.12 bits per heavy atom. The number of nitrogens with one attached hydrogen (secondary N) is 1. The topological polar surface area (TPSA) is 81.9 Å². The molecule has 9 heteroatoms. The van der Waals surface area contributed by atoms with Crippen LogP contribution < -0.4 is 10.1 Å². The van der Waals surface area contributed by atoms with E-state index in [1.165, 1.54) is 23.1 Å². The van der Waals surface area contributed by atoms with Gasteiger partial charge in [0, 0.05) is 17.8 Å². The third-order valence-electron chi connectivity index (χ3n) is 4.76. The molecule has 0 radical (unpaired) electrons. The number of nitrogens with zero attached hydrogens (tertiary/aromatic N) is 4. The first-order chi connectivity index (χ1) is 16.0. The maximum atomic E-state index is 12.2. The van der Waals surface area contributed by atoms with E-state index < -0.39 is 0 Å². The van der Waals surface area contributed by atoms with Gasteiger partial charge in [0.15, 0.2) is 5.16 Å². The fraction of sp³-hybridized carbons (Fsp3) is 0.250. The van der Waals surface area contributed by atoms with Crippen LogP contribution in [0.5, 0.6) is 5.75 Å². The lowest BCUT2D eigenvalue weighted by molar-refractivity contribution is 0.0938. The van der Waals surface area contributed by atoms with E-state index in [1.54, 1.807) is 12.5 Å². The molecule has 0 spiro atoms. The number of thioether (sulfide) groups is 1. The number of hydrogen-bond acceptors (Lipinski definition) is 7. The van der Waals surface area contributed by atoms with Crippen molar-refractivity contribution in [3.05, 3.63) is 82.1 Å². The summed E-state index contributed by atoms with van der Waals surface area (Å²) in [5.41, 5.74) is 2.48. The average molecular weight is 480 g/mol. The maximum Gasteiger partial charge on any atom is 0.270 e. The first-order valence-electron chi connectivity index (χ1n) is 10.5. The third kappa shape index (κ3) is 5.61. The first-order valence-corrected chi connectivity index (χ1v) is 12.4. The van der Waals surface area contributed by atoms with Crippen LogP contribution in [-0.2, 0) is 12.2 Å². The molecule has 1 N–H and O–H groups in total. The van der Waals surface area contributed by atoms with Crippen molar-refractivity contribution in [3.8, 4) is 11.4 Å². The predicted octanol–water partition coefficient (Wildman–Crippen LogP) is 4.75. The Balaban J connectivity index is 1.60. The molecule has 2 heterocycles. The van der Waals surface area contributed by atoms with Crippen molar-refractivity contribution in [2.75, 3.05) is 7.11 Å². The van der Waals surface area contributed by atoms with E-state index in [1.807, 2.05) is 60.9 Å². The number of aromatic nitrogens is 4. The largest absolute Gasteiger partial charge is 0.495 e. The Bertz CT molecular complexity index is 1220. The molecule has 1 amide bonds. The normalized spacial score (nSPS) is 11.0. The SMILES string of the molecule is COc1ccccc1-n1c(Cc2ccccc2)nnc1SCc1nc(C(=O)NC(C)C)cs1. The Morgan fingerprint density at radius 2 is 1.88 bits per heavy atom. The number of carbonyl (C=O) groups excluding carboxylic acids is 1. The highest BCUT2D eigenvalue weighted by atomic mass is 32.2. The quantitative estimate of drug-likeness (QED) is 0.349. The minimum absolute atomic E-state index is 0.0689. The van der Waals surface area contributed by atoms with Crippen molar-refractivity contribution in [1.29, 1.82) is 0 Å². The van der Waals surface area contributed by atoms with Gasteiger partial charge in [0.2, 0.25) is 0 Å². The summed E-state index contributed by atoms with van der Waals surface area (Å²) < 4.78 is 7.65. The van der Waals surface area contributed by atoms with Crippen molar-refractivity contribution in [3.63, 3.8) is 0 Å². The molecule has 170 valence electrons. The Morgan fingerprint density at radius 3 is 2.64 bits per heavy atom. The van der Waals surface area contributed by atoms with E-state index in [0.717, 1.165) is 33.0 Å². The lowest BCUT2D eigenvalue weighted by Gasteiger charge is -2.13. The second-order valence-electron chi connectivity index (χ2n) is 7.61. The second kappa shape index (κ2) is 10.6. The van der Waals surface area contributed by atoms with Gasteiger partial charge < -0.3 is 10.1 Å². The van der Waals surface area contributed by atoms with Crippen molar-refractivity contribution in [2.45, 2.75) is 37.2 Å². The minimum atomic E-state index is -0.153. The van der Waals surface area contributed by atoms with Crippen LogP contribution in [0, 0.1) is 0 Å². The number of carbonyl (C=O) groups is 1. The zero-order valence-corrected chi connectivity index (χ0v) is 20.3. The van der Waals surface area contributed by atoms with E-state index in [9.17, 15) is 4.79 Å². The van der Waals surface area contributed by atoms with Gasteiger partial charge in [-0.15, -0.1) is 21.5 Å². The van der Waals surface area contributed by atoms with Crippen LogP contribution in [0.2, 0.25) is 0 Å². The number of rotatable bonds is 9. The lowest BCUT2D eigenvalue weighted by Crippen LogP contribution is -2.30. The van der Waals surface area contributed by atoms with Gasteiger partial charge in [-0.05, 0) is 31.5 Å². The Kier molecular flexibility index (Phi) is 7.41. The lowest BCUT2D eigenvalue weighted by atomic mass is 10.1. The average Bonchev–Trinajstić information content (AvgIpc) is 3.45. The molecule has 4 rings (SSSR count). The molecule has 33 heavy (non-hydrogen) atoms. The summed E-state index contributed by atoms with van der Waals surface area (Å²) in [6.45, 7) is 3.86. The van der Waals surface area contributed by atoms with Gasteiger partial charge in [-0.3, -0.25) is 9.36 Å². The fourth-order valence-corrected chi connectivity index (χ4v) is 5.04. The van der Waals surface area contributed by atoms with Gasteiger partial charge >= 0.3 is 0 Å². The number of amides is 1. The summed E-state index contributed by atoms with van der Waals surface area (Å²) in [5, 5.41) is 15.2. The Labute approximate surface area is 201 Å². The van der Waals surface area contributed by atoms with Crippen LogP contribution in [0.1, 0.15) is 40.7 Å². The molecule has 0 aliphatic heterocycles. The third-order valence-corrected chi connectivity index (χ3v) is 6.73. The van der Waals surface area contributed by atoms with Gasteiger partial charge in [-0.1, -0.05) is 54.2 Å². The molecule has 0 aliphatic carbocycles. The zero-order valence-electron chi connectivity index (χ0n) is 18.7. The van der Waals surface area contributed by atoms with E-state index in [0.29, 0.717) is 17.9 Å². The van der Waals surface area contributed by atoms with Gasteiger partial charge in [0.25, 0.3) is 5.91 Å². The molecule has 0 atom stereocenters. The smallest absolute Gasteiger partial charge is 0.270 e. The molecule has 0 unspecified atom stereocenters. The molecule has 0 aliphatic rings. The molecule has 0 bridgehead atoms. The summed E-state index contributed by atoms with van der Waals surface area (Å²) in [5.74, 6) is 2.00. The van der Waals surface area contributed by atoms with Crippen LogP contribution in [0.4, 0.5) is 0 Å². The predicted molar refractivity (Wildman–Crippen MR) is 131 cm³/mol. The van der Waals surface area contributed by atoms with Gasteiger partial charge in [0.1, 0.15) is 22.3 Å². The van der Waals surface area contributed by atoms with Crippen LogP contribution in [-0.4, -0.2) is 38.8 Å². The van der Waals surface area contributed by atoms with Crippen LogP contribution in [0.3, 0.4) is 0 Å². The number of thiazole rings is 1. The van der Waals surface area contributed by atoms with Crippen LogP contribution >= 0.6 is 23.1 Å². The molecule has 4 aromatic rings. The summed E-state index contributed by atoms with van der Waals surface area (Å²) >= 11 is 3.00. The standard InChI is InChI=1S/C24H25N5O2S2/c1-16(2)25-23(30)18-14-32-22(26-18)15-33-24-28-27-21(13-17-9-5-4-6-10-17)29(24)19-11-7-8-12-20(19)31-3/h4-12,14,16H,13,15H2,1-3H3,(H,25,30). The number of benzene rings is 2. The summed E-state index contributed by atoms with van der Waals surface area (Å²) in [7, 11) is 1.66. The highest BCUT2D eigenvalue weighted by molar-refractivity contribution is 7.98. The van der Waals surface area contributed by atoms with Crippen LogP contribution in [0.15, 0.2) is 65.1 Å². The van der Waals surface area contributed by atoms with E-state index in [2.05, 4.69) is 32.6 Å². The van der Waals surface area contributed by atoms with Crippen molar-refractivity contribution < 1.29 is 9.53 Å². The Hall–Kier alpha value is -3.17. The van der Waals surface area contributed by atoms with Crippen molar-refractivity contribution >= 4 is 29.0 Å². The zero-order chi connectivity index (χ0) is 23.2. The van der Waals surface area contributed by atoms with Crippen molar-refractivity contribution in [1.82, 2.24) is 25.1 Å². The van der Waals surface area contributed by atoms with E-state index in [-0.39, 0.29) is 11.9 Å². The van der Waals surface area contributed by atoms with E-state index >= 15 is 0 Å². The number of ether oxygens (including phenoxy) is 1. The molecule has 2 aromatic carbocycles. The molecular formula is C24H25N5O2S2. The van der Waals surface area contributed by atoms with Gasteiger partial charge in [0.05, 0.1) is 18.6 Å². The number of hydrogen-bond donors (Lipinski definition) is 1. The first kappa shape index (κ1) is 23.0. The van der Waals surface area contributed by atoms with Crippen molar-refractivity contribution in [2.24, 2.45) is 0 Å². The molecule has 0 fully saturated rings. The monoisotopic (exact) mass is 479 g/mol. The summed E-state index contributed by atoms with van der Waals surface area (Å²) in [6, 6.07) is 18.1. The van der Waals surface area contributed by atoms with Gasteiger partial charge in [-0.2, -0.15) is 0 Å². The van der Waals surface area contributed by atoms with Gasteiger partial charge in [-0.25, -0.2) is 4.98 Å². The second-order valence-corrected chi connectivity index (χ2v) is 9.50. The fourth-order valence-electron chi connectivity index (χ4n) is 3.29. The highest BCUT2D eigenvalue weighted by Crippen LogP contribution is 2.31. The minimum Gasteiger partial charge on any atom is -0.495 e. The summed E-state index contributed by atoms with van der Waals surface area (Å²) in [6.07, 6.45) is 0.642. The molecular weight excluding hydrogens is 454 g/mol. The molecule has 2 aromatic heterocycles. The maximum absolute atomic E-state index is 12.2. The van der Waals surface area contributed by atoms with E-state index in [4.69, 9.17) is 4.74 Å². The molecule has 0 saturated heterocycles. The number of methoxy groups -OCH3 is 1. The van der Waals surface area contributed by atoms with Crippen LogP contribution in [0.25, 0.3) is 5.69 Å². The molecule has 0 saturated carbocycles. The molecule has 7 nitrogen and oxygen atoms in total. The number of para-hydroxylation sites is 2. The highest BCUT2D eigenvalue weighted by Gasteiger charge is 2.19. The summed E-state index contributed by atoms with van der Waals surface area (Å²) in [4.78, 5) is 16.7.